The zero-order valence-corrected chi connectivity index (χ0v) is 15.4. The number of nitrogens with zero attached hydrogens (tertiary/aromatic N) is 2. The largest absolute Gasteiger partial charge is 0.493 e. The van der Waals surface area contributed by atoms with Gasteiger partial charge in [-0.1, -0.05) is 6.07 Å². The molecular formula is C20H24N2O5. The summed E-state index contributed by atoms with van der Waals surface area (Å²) in [6.45, 7) is 1.82. The van der Waals surface area contributed by atoms with Crippen LogP contribution >= 0.6 is 0 Å². The zero-order chi connectivity index (χ0) is 19.1. The Balaban J connectivity index is 1.68. The molecule has 2 saturated heterocycles. The molecule has 7 nitrogen and oxygen atoms in total. The van der Waals surface area contributed by atoms with Crippen LogP contribution in [0.1, 0.15) is 24.8 Å². The van der Waals surface area contributed by atoms with Crippen molar-refractivity contribution in [3.05, 3.63) is 29.8 Å². The van der Waals surface area contributed by atoms with E-state index in [1.807, 2.05) is 17.0 Å². The molecule has 0 bridgehead atoms. The van der Waals surface area contributed by atoms with E-state index in [-0.39, 0.29) is 24.8 Å². The maximum Gasteiger partial charge on any atom is 0.246 e. The minimum absolute atomic E-state index is 0.0327. The summed E-state index contributed by atoms with van der Waals surface area (Å²) < 4.78 is 21.8. The second-order valence-electron chi connectivity index (χ2n) is 6.40. The van der Waals surface area contributed by atoms with Crippen molar-refractivity contribution in [3.63, 3.8) is 0 Å². The van der Waals surface area contributed by atoms with Gasteiger partial charge in [0.1, 0.15) is 6.07 Å². The summed E-state index contributed by atoms with van der Waals surface area (Å²) in [5.74, 6) is 0.958. The molecule has 2 fully saturated rings. The maximum absolute atomic E-state index is 12.7. The van der Waals surface area contributed by atoms with E-state index in [2.05, 4.69) is 0 Å². The van der Waals surface area contributed by atoms with Crippen molar-refractivity contribution in [2.75, 3.05) is 33.5 Å². The van der Waals surface area contributed by atoms with Crippen LogP contribution in [-0.2, 0) is 14.3 Å². The second kappa shape index (κ2) is 9.40. The number of carbonyl (C=O) groups is 1. The van der Waals surface area contributed by atoms with Crippen molar-refractivity contribution in [2.24, 2.45) is 0 Å². The lowest BCUT2D eigenvalue weighted by Crippen LogP contribution is -2.49. The lowest BCUT2D eigenvalue weighted by Gasteiger charge is -2.37. The number of rotatable bonds is 6. The summed E-state index contributed by atoms with van der Waals surface area (Å²) >= 11 is 0. The monoisotopic (exact) mass is 372 g/mol. The minimum atomic E-state index is -0.320. The molecule has 1 atom stereocenters. The van der Waals surface area contributed by atoms with E-state index in [4.69, 9.17) is 24.2 Å². The quantitative estimate of drug-likeness (QED) is 0.713. The van der Waals surface area contributed by atoms with Gasteiger partial charge in [0.05, 0.1) is 26.4 Å². The number of likely N-dealkylation sites (tertiary alicyclic amines) is 1. The molecule has 0 spiro atoms. The minimum Gasteiger partial charge on any atom is -0.493 e. The Morgan fingerprint density at radius 2 is 2.15 bits per heavy atom. The van der Waals surface area contributed by atoms with Crippen molar-refractivity contribution in [1.29, 1.82) is 5.26 Å². The standard InChI is InChI=1S/C20H24N2O5/c1-24-18-14-15(5-7-17(18)25-11-9-21)6-8-19(23)22-10-3-2-4-16(22)20-26-12-13-27-20/h5-8,14,16,20H,2-4,10-13H2,1H3/b8-6+. The van der Waals surface area contributed by atoms with Crippen LogP contribution in [-0.4, -0.2) is 56.6 Å². The Morgan fingerprint density at radius 3 is 2.89 bits per heavy atom. The van der Waals surface area contributed by atoms with Crippen LogP contribution in [0, 0.1) is 11.3 Å². The van der Waals surface area contributed by atoms with E-state index < -0.39 is 0 Å². The highest BCUT2D eigenvalue weighted by molar-refractivity contribution is 5.92. The number of piperidine rings is 1. The van der Waals surface area contributed by atoms with Crippen molar-refractivity contribution in [1.82, 2.24) is 4.90 Å². The van der Waals surface area contributed by atoms with Gasteiger partial charge < -0.3 is 23.8 Å². The summed E-state index contributed by atoms with van der Waals surface area (Å²) in [7, 11) is 1.53. The number of carbonyl (C=O) groups excluding carboxylic acids is 1. The molecule has 7 heteroatoms. The molecule has 1 unspecified atom stereocenters. The highest BCUT2D eigenvalue weighted by Crippen LogP contribution is 2.29. The van der Waals surface area contributed by atoms with Gasteiger partial charge in [0.15, 0.2) is 24.4 Å². The molecule has 0 radical (unpaired) electrons. The van der Waals surface area contributed by atoms with Crippen LogP contribution in [0.3, 0.4) is 0 Å². The molecule has 0 saturated carbocycles. The summed E-state index contributed by atoms with van der Waals surface area (Å²) in [6, 6.07) is 7.20. The first-order valence-electron chi connectivity index (χ1n) is 9.12. The molecular weight excluding hydrogens is 348 g/mol. The number of methoxy groups -OCH3 is 1. The highest BCUT2D eigenvalue weighted by Gasteiger charge is 2.35. The molecule has 0 N–H and O–H groups in total. The van der Waals surface area contributed by atoms with Crippen molar-refractivity contribution in [3.8, 4) is 17.6 Å². The lowest BCUT2D eigenvalue weighted by atomic mass is 10.0. The van der Waals surface area contributed by atoms with E-state index in [1.54, 1.807) is 24.3 Å². The first-order chi connectivity index (χ1) is 13.2. The fourth-order valence-corrected chi connectivity index (χ4v) is 3.39. The molecule has 1 amide bonds. The first-order valence-corrected chi connectivity index (χ1v) is 9.12. The third-order valence-corrected chi connectivity index (χ3v) is 4.69. The van der Waals surface area contributed by atoms with Crippen molar-refractivity contribution >= 4 is 12.0 Å². The molecule has 1 aromatic carbocycles. The van der Waals surface area contributed by atoms with Crippen molar-refractivity contribution < 1.29 is 23.7 Å². The Kier molecular flexibility index (Phi) is 6.69. The number of ether oxygens (including phenoxy) is 4. The highest BCUT2D eigenvalue weighted by atomic mass is 16.7. The average molecular weight is 372 g/mol. The van der Waals surface area contributed by atoms with Gasteiger partial charge in [-0.2, -0.15) is 5.26 Å². The van der Waals surface area contributed by atoms with Gasteiger partial charge in [-0.3, -0.25) is 4.79 Å². The fourth-order valence-electron chi connectivity index (χ4n) is 3.39. The number of nitriles is 1. The molecule has 2 aliphatic rings. The van der Waals surface area contributed by atoms with Crippen LogP contribution < -0.4 is 9.47 Å². The SMILES string of the molecule is COc1cc(/C=C/C(=O)N2CCCCC2C2OCCO2)ccc1OCC#N. The molecule has 2 heterocycles. The number of hydrogen-bond acceptors (Lipinski definition) is 6. The predicted molar refractivity (Wildman–Crippen MR) is 98.2 cm³/mol. The Labute approximate surface area is 159 Å². The Hall–Kier alpha value is -2.56. The lowest BCUT2D eigenvalue weighted by molar-refractivity contribution is -0.145. The normalized spacial score (nSPS) is 20.6. The van der Waals surface area contributed by atoms with Gasteiger partial charge in [0.2, 0.25) is 5.91 Å². The van der Waals surface area contributed by atoms with Gasteiger partial charge in [0, 0.05) is 12.6 Å². The first kappa shape index (κ1) is 19.2. The van der Waals surface area contributed by atoms with Gasteiger partial charge in [0.25, 0.3) is 0 Å². The number of hydrogen-bond donors (Lipinski definition) is 0. The second-order valence-corrected chi connectivity index (χ2v) is 6.40. The Morgan fingerprint density at radius 1 is 1.33 bits per heavy atom. The molecule has 0 aromatic heterocycles. The van der Waals surface area contributed by atoms with Crippen LogP contribution in [0.2, 0.25) is 0 Å². The maximum atomic E-state index is 12.7. The van der Waals surface area contributed by atoms with Crippen LogP contribution in [0.5, 0.6) is 11.5 Å². The summed E-state index contributed by atoms with van der Waals surface area (Å²) in [6.07, 6.45) is 5.95. The number of benzene rings is 1. The molecule has 27 heavy (non-hydrogen) atoms. The molecule has 2 aliphatic heterocycles. The Bertz CT molecular complexity index is 722. The van der Waals surface area contributed by atoms with Crippen LogP contribution in [0.4, 0.5) is 0 Å². The van der Waals surface area contributed by atoms with Gasteiger partial charge >= 0.3 is 0 Å². The van der Waals surface area contributed by atoms with E-state index in [0.717, 1.165) is 24.8 Å². The average Bonchev–Trinajstić information content (AvgIpc) is 3.25. The number of amides is 1. The third kappa shape index (κ3) is 4.79. The summed E-state index contributed by atoms with van der Waals surface area (Å²) in [5.41, 5.74) is 0.812. The predicted octanol–water partition coefficient (Wildman–Crippen LogP) is 2.36. The van der Waals surface area contributed by atoms with E-state index in [9.17, 15) is 4.79 Å². The zero-order valence-electron chi connectivity index (χ0n) is 15.4. The molecule has 0 aliphatic carbocycles. The molecule has 3 rings (SSSR count). The van der Waals surface area contributed by atoms with E-state index in [1.165, 1.54) is 7.11 Å². The molecule has 144 valence electrons. The van der Waals surface area contributed by atoms with Gasteiger partial charge in [-0.05, 0) is 43.0 Å². The summed E-state index contributed by atoms with van der Waals surface area (Å²) in [5, 5.41) is 8.63. The van der Waals surface area contributed by atoms with E-state index in [0.29, 0.717) is 31.3 Å². The topological polar surface area (TPSA) is 81.0 Å². The third-order valence-electron chi connectivity index (χ3n) is 4.69. The fraction of sp³-hybridized carbons (Fsp3) is 0.500. The van der Waals surface area contributed by atoms with Crippen LogP contribution in [0.15, 0.2) is 24.3 Å². The van der Waals surface area contributed by atoms with Crippen LogP contribution in [0.25, 0.3) is 6.08 Å². The molecule has 1 aromatic rings. The van der Waals surface area contributed by atoms with Gasteiger partial charge in [-0.15, -0.1) is 0 Å². The van der Waals surface area contributed by atoms with Crippen molar-refractivity contribution in [2.45, 2.75) is 31.6 Å². The van der Waals surface area contributed by atoms with Gasteiger partial charge in [-0.25, -0.2) is 0 Å². The summed E-state index contributed by atoms with van der Waals surface area (Å²) in [4.78, 5) is 14.6. The van der Waals surface area contributed by atoms with E-state index >= 15 is 0 Å². The smallest absolute Gasteiger partial charge is 0.246 e.